The van der Waals surface area contributed by atoms with Gasteiger partial charge in [-0.15, -0.1) is 3.89 Å². The van der Waals surface area contributed by atoms with Crippen molar-refractivity contribution in [3.8, 4) is 0 Å². The van der Waals surface area contributed by atoms with E-state index in [2.05, 4.69) is 0 Å². The maximum atomic E-state index is 12.9. The van der Waals surface area contributed by atoms with Crippen LogP contribution in [0.1, 0.15) is 23.7 Å². The van der Waals surface area contributed by atoms with Gasteiger partial charge in [0, 0.05) is 18.5 Å². The molecule has 1 unspecified atom stereocenters. The van der Waals surface area contributed by atoms with Crippen molar-refractivity contribution in [2.45, 2.75) is 18.6 Å². The average Bonchev–Trinajstić information content (AvgIpc) is 2.71. The smallest absolute Gasteiger partial charge is 0.307 e. The molecule has 2 rings (SSSR count). The van der Waals surface area contributed by atoms with Gasteiger partial charge in [0.05, 0.1) is 5.69 Å². The van der Waals surface area contributed by atoms with Crippen LogP contribution in [-0.2, 0) is 15.0 Å². The van der Waals surface area contributed by atoms with Crippen LogP contribution >= 0.6 is 0 Å². The lowest BCUT2D eigenvalue weighted by molar-refractivity contribution is -0.117. The third kappa shape index (κ3) is 2.65. The second-order valence-electron chi connectivity index (χ2n) is 4.38. The Kier molecular flexibility index (Phi) is 3.40. The predicted molar refractivity (Wildman–Crippen MR) is 67.2 cm³/mol. The van der Waals surface area contributed by atoms with Gasteiger partial charge in [0.1, 0.15) is 5.25 Å². The SMILES string of the molecule is CC(=O)c1ccccc1N1CC(S(=O)(=O)F)CC1=O. The van der Waals surface area contributed by atoms with Crippen molar-refractivity contribution in [2.24, 2.45) is 0 Å². The van der Waals surface area contributed by atoms with Crippen LogP contribution < -0.4 is 4.90 Å². The first-order chi connectivity index (χ1) is 8.80. The maximum absolute atomic E-state index is 12.9. The van der Waals surface area contributed by atoms with E-state index >= 15 is 0 Å². The van der Waals surface area contributed by atoms with E-state index in [1.807, 2.05) is 0 Å². The highest BCUT2D eigenvalue weighted by Crippen LogP contribution is 2.28. The summed E-state index contributed by atoms with van der Waals surface area (Å²) in [6.45, 7) is 1.09. The molecule has 0 spiro atoms. The van der Waals surface area contributed by atoms with Crippen LogP contribution in [0.5, 0.6) is 0 Å². The largest absolute Gasteiger partial charge is 0.310 e. The summed E-state index contributed by atoms with van der Waals surface area (Å²) in [5.74, 6) is -0.741. The topological polar surface area (TPSA) is 71.5 Å². The Morgan fingerprint density at radius 2 is 2.00 bits per heavy atom. The number of halogens is 1. The molecule has 1 aromatic rings. The van der Waals surface area contributed by atoms with Crippen molar-refractivity contribution < 1.29 is 21.9 Å². The molecule has 7 heteroatoms. The Bertz CT molecular complexity index is 641. The van der Waals surface area contributed by atoms with E-state index < -0.39 is 27.8 Å². The van der Waals surface area contributed by atoms with E-state index in [0.29, 0.717) is 11.3 Å². The van der Waals surface area contributed by atoms with Crippen molar-refractivity contribution in [1.82, 2.24) is 0 Å². The van der Waals surface area contributed by atoms with Gasteiger partial charge in [-0.25, -0.2) is 0 Å². The summed E-state index contributed by atoms with van der Waals surface area (Å²) in [6.07, 6.45) is -0.398. The minimum Gasteiger partial charge on any atom is -0.310 e. The molecule has 1 heterocycles. The molecule has 1 aliphatic heterocycles. The number of nitrogens with zero attached hydrogens (tertiary/aromatic N) is 1. The van der Waals surface area contributed by atoms with E-state index in [4.69, 9.17) is 0 Å². The van der Waals surface area contributed by atoms with Gasteiger partial charge in [0.25, 0.3) is 0 Å². The first-order valence-electron chi connectivity index (χ1n) is 5.64. The lowest BCUT2D eigenvalue weighted by Gasteiger charge is -2.18. The van der Waals surface area contributed by atoms with Gasteiger partial charge in [-0.1, -0.05) is 12.1 Å². The second-order valence-corrected chi connectivity index (χ2v) is 6.00. The van der Waals surface area contributed by atoms with Crippen LogP contribution in [-0.4, -0.2) is 31.9 Å². The predicted octanol–water partition coefficient (Wildman–Crippen LogP) is 1.29. The van der Waals surface area contributed by atoms with Gasteiger partial charge in [-0.05, 0) is 19.1 Å². The average molecular weight is 285 g/mol. The van der Waals surface area contributed by atoms with Gasteiger partial charge < -0.3 is 4.90 Å². The molecule has 0 saturated carbocycles. The standard InChI is InChI=1S/C12H12FNO4S/c1-8(15)10-4-2-3-5-11(10)14-7-9(6-12(14)16)19(13,17)18/h2-5,9H,6-7H2,1H3. The summed E-state index contributed by atoms with van der Waals surface area (Å²) >= 11 is 0. The van der Waals surface area contributed by atoms with Crippen LogP contribution in [0.4, 0.5) is 9.57 Å². The first kappa shape index (κ1) is 13.7. The highest BCUT2D eigenvalue weighted by atomic mass is 32.3. The fraction of sp³-hybridized carbons (Fsp3) is 0.333. The molecule has 19 heavy (non-hydrogen) atoms. The zero-order chi connectivity index (χ0) is 14.2. The fourth-order valence-corrected chi connectivity index (χ4v) is 2.77. The van der Waals surface area contributed by atoms with Crippen LogP contribution in [0.2, 0.25) is 0 Å². The van der Waals surface area contributed by atoms with E-state index in [1.165, 1.54) is 6.92 Å². The summed E-state index contributed by atoms with van der Waals surface area (Å²) in [5.41, 5.74) is 0.638. The number of rotatable bonds is 3. The lowest BCUT2D eigenvalue weighted by Crippen LogP contribution is -2.28. The second kappa shape index (κ2) is 4.73. The molecule has 1 saturated heterocycles. The molecule has 0 N–H and O–H groups in total. The molecule has 102 valence electrons. The summed E-state index contributed by atoms with van der Waals surface area (Å²) in [7, 11) is -4.76. The van der Waals surface area contributed by atoms with Crippen LogP contribution in [0, 0.1) is 0 Å². The van der Waals surface area contributed by atoms with Crippen molar-refractivity contribution in [2.75, 3.05) is 11.4 Å². The summed E-state index contributed by atoms with van der Waals surface area (Å²) in [6, 6.07) is 6.36. The Hall–Kier alpha value is -1.76. The van der Waals surface area contributed by atoms with Gasteiger partial charge in [0.2, 0.25) is 5.91 Å². The maximum Gasteiger partial charge on any atom is 0.307 e. The number of carbonyl (C=O) groups excluding carboxylic acids is 2. The fourth-order valence-electron chi connectivity index (χ4n) is 2.10. The molecule has 1 amide bonds. The van der Waals surface area contributed by atoms with Gasteiger partial charge in [-0.3, -0.25) is 9.59 Å². The quantitative estimate of drug-likeness (QED) is 0.620. The molecule has 5 nitrogen and oxygen atoms in total. The molecule has 0 aromatic heterocycles. The third-order valence-electron chi connectivity index (χ3n) is 3.06. The Morgan fingerprint density at radius 3 is 2.53 bits per heavy atom. The number of carbonyl (C=O) groups is 2. The molecule has 1 atom stereocenters. The Labute approximate surface area is 110 Å². The molecule has 0 aliphatic carbocycles. The number of anilines is 1. The molecular weight excluding hydrogens is 273 g/mol. The number of amides is 1. The monoisotopic (exact) mass is 285 g/mol. The molecule has 1 aliphatic rings. The Balaban J connectivity index is 2.39. The van der Waals surface area contributed by atoms with Crippen molar-refractivity contribution in [1.29, 1.82) is 0 Å². The molecule has 1 fully saturated rings. The highest BCUT2D eigenvalue weighted by Gasteiger charge is 2.39. The molecule has 0 radical (unpaired) electrons. The number of hydrogen-bond donors (Lipinski definition) is 0. The molecular formula is C12H12FNO4S. The molecule has 1 aromatic carbocycles. The normalized spacial score (nSPS) is 19.8. The zero-order valence-corrected chi connectivity index (χ0v) is 11.0. The minimum absolute atomic E-state index is 0.241. The summed E-state index contributed by atoms with van der Waals surface area (Å²) in [5, 5.41) is -1.36. The summed E-state index contributed by atoms with van der Waals surface area (Å²) < 4.78 is 34.7. The number of ketones is 1. The van der Waals surface area contributed by atoms with Crippen molar-refractivity contribution in [3.63, 3.8) is 0 Å². The number of benzene rings is 1. The number of para-hydroxylation sites is 1. The first-order valence-corrected chi connectivity index (χ1v) is 7.09. The lowest BCUT2D eigenvalue weighted by atomic mass is 10.1. The van der Waals surface area contributed by atoms with Crippen LogP contribution in [0.3, 0.4) is 0 Å². The minimum atomic E-state index is -4.76. The number of hydrogen-bond acceptors (Lipinski definition) is 4. The van der Waals surface area contributed by atoms with E-state index in [0.717, 1.165) is 4.90 Å². The Morgan fingerprint density at radius 1 is 1.37 bits per heavy atom. The van der Waals surface area contributed by atoms with Gasteiger partial charge in [0.15, 0.2) is 5.78 Å². The summed E-state index contributed by atoms with van der Waals surface area (Å²) in [4.78, 5) is 24.4. The molecule has 0 bridgehead atoms. The zero-order valence-electron chi connectivity index (χ0n) is 10.2. The van der Waals surface area contributed by atoms with E-state index in [1.54, 1.807) is 24.3 Å². The third-order valence-corrected chi connectivity index (χ3v) is 4.17. The van der Waals surface area contributed by atoms with Gasteiger partial charge in [-0.2, -0.15) is 8.42 Å². The van der Waals surface area contributed by atoms with E-state index in [9.17, 15) is 21.9 Å². The van der Waals surface area contributed by atoms with Gasteiger partial charge >= 0.3 is 10.2 Å². The highest BCUT2D eigenvalue weighted by molar-refractivity contribution is 7.87. The van der Waals surface area contributed by atoms with Crippen LogP contribution in [0.25, 0.3) is 0 Å². The number of Topliss-reactive ketones (excluding diaryl/α,β-unsaturated/α-hetero) is 1. The van der Waals surface area contributed by atoms with Crippen molar-refractivity contribution in [3.05, 3.63) is 29.8 Å². The van der Waals surface area contributed by atoms with E-state index in [-0.39, 0.29) is 12.3 Å². The van der Waals surface area contributed by atoms with Crippen LogP contribution in [0.15, 0.2) is 24.3 Å². The van der Waals surface area contributed by atoms with Crippen molar-refractivity contribution >= 4 is 27.6 Å².